The average molecular weight is 404 g/mol. The second-order valence-corrected chi connectivity index (χ2v) is 7.89. The van der Waals surface area contributed by atoms with Crippen LogP contribution < -0.4 is 10.6 Å². The molecular weight excluding hydrogens is 378 g/mol. The highest BCUT2D eigenvalue weighted by Gasteiger charge is 2.16. The van der Waals surface area contributed by atoms with Crippen LogP contribution in [0.15, 0.2) is 42.6 Å². The van der Waals surface area contributed by atoms with E-state index >= 15 is 0 Å². The number of carbonyl (C=O) groups is 2. The number of benzene rings is 1. The number of pyridine rings is 1. The minimum atomic E-state index is -0.318. The molecule has 1 aliphatic heterocycles. The summed E-state index contributed by atoms with van der Waals surface area (Å²) in [4.78, 5) is 25.6. The van der Waals surface area contributed by atoms with Gasteiger partial charge in [0, 0.05) is 18.4 Å². The molecule has 6 nitrogen and oxygen atoms in total. The molecule has 0 saturated carbocycles. The van der Waals surface area contributed by atoms with E-state index in [0.29, 0.717) is 23.1 Å². The van der Waals surface area contributed by atoms with Crippen LogP contribution in [-0.2, 0) is 9.53 Å². The maximum Gasteiger partial charge on any atom is 0.293 e. The monoisotopic (exact) mass is 403 g/mol. The van der Waals surface area contributed by atoms with Crippen molar-refractivity contribution in [2.75, 3.05) is 18.4 Å². The molecule has 7 heteroatoms. The zero-order chi connectivity index (χ0) is 20.6. The van der Waals surface area contributed by atoms with Crippen LogP contribution in [0.5, 0.6) is 0 Å². The molecule has 2 N–H and O–H groups in total. The third-order valence-corrected chi connectivity index (χ3v) is 4.29. The molecule has 2 aromatic rings. The minimum absolute atomic E-state index is 0.234. The predicted molar refractivity (Wildman–Crippen MR) is 111 cm³/mol. The Hall–Kier alpha value is -2.44. The fraction of sp³-hybridized carbons (Fsp3) is 0.381. The maximum atomic E-state index is 12.0. The Morgan fingerprint density at radius 2 is 1.96 bits per heavy atom. The van der Waals surface area contributed by atoms with Gasteiger partial charge in [-0.2, -0.15) is 0 Å². The Kier molecular flexibility index (Phi) is 7.96. The lowest BCUT2D eigenvalue weighted by atomic mass is 9.98. The summed E-state index contributed by atoms with van der Waals surface area (Å²) < 4.78 is 4.55. The maximum absolute atomic E-state index is 12.0. The van der Waals surface area contributed by atoms with Gasteiger partial charge in [-0.3, -0.25) is 9.59 Å². The molecule has 1 aromatic carbocycles. The number of nitrogens with one attached hydrogen (secondary N) is 2. The number of hydrogen-bond acceptors (Lipinski definition) is 5. The van der Waals surface area contributed by atoms with Crippen molar-refractivity contribution in [1.29, 1.82) is 0 Å². The highest BCUT2D eigenvalue weighted by atomic mass is 35.5. The van der Waals surface area contributed by atoms with E-state index in [0.717, 1.165) is 18.8 Å². The van der Waals surface area contributed by atoms with Gasteiger partial charge in [0.05, 0.1) is 5.02 Å². The van der Waals surface area contributed by atoms with Gasteiger partial charge < -0.3 is 15.4 Å². The minimum Gasteiger partial charge on any atom is -0.462 e. The number of rotatable bonds is 4. The van der Waals surface area contributed by atoms with Gasteiger partial charge in [-0.05, 0) is 69.5 Å². The first-order chi connectivity index (χ1) is 13.3. The lowest BCUT2D eigenvalue weighted by Crippen LogP contribution is -2.17. The van der Waals surface area contributed by atoms with Crippen LogP contribution in [0.3, 0.4) is 0 Å². The van der Waals surface area contributed by atoms with Gasteiger partial charge in [0.25, 0.3) is 12.4 Å². The predicted octanol–water partition coefficient (Wildman–Crippen LogP) is 4.02. The quantitative estimate of drug-likeness (QED) is 0.753. The number of anilines is 1. The number of ether oxygens (including phenoxy) is 1. The van der Waals surface area contributed by atoms with Crippen LogP contribution in [-0.4, -0.2) is 36.1 Å². The van der Waals surface area contributed by atoms with E-state index in [1.807, 2.05) is 32.9 Å². The molecular formula is C21H26ClN3O3. The Labute approximate surface area is 170 Å². The van der Waals surface area contributed by atoms with Gasteiger partial charge in [0.15, 0.2) is 0 Å². The Bertz CT molecular complexity index is 765. The molecule has 1 saturated heterocycles. The molecule has 1 fully saturated rings. The lowest BCUT2D eigenvalue weighted by Gasteiger charge is -2.14. The van der Waals surface area contributed by atoms with Gasteiger partial charge in [-0.25, -0.2) is 4.98 Å². The summed E-state index contributed by atoms with van der Waals surface area (Å²) in [5.41, 5.74) is 2.11. The van der Waals surface area contributed by atoms with E-state index in [2.05, 4.69) is 32.5 Å². The molecule has 1 aliphatic rings. The topological polar surface area (TPSA) is 80.3 Å². The first-order valence-electron chi connectivity index (χ1n) is 9.13. The van der Waals surface area contributed by atoms with Crippen molar-refractivity contribution < 1.29 is 14.3 Å². The molecule has 1 atom stereocenters. The van der Waals surface area contributed by atoms with Gasteiger partial charge in [0.2, 0.25) is 0 Å². The second-order valence-electron chi connectivity index (χ2n) is 7.45. The molecule has 2 heterocycles. The summed E-state index contributed by atoms with van der Waals surface area (Å²) >= 11 is 5.76. The standard InChI is InChI=1S/C16H16ClN3O.C5H10O2/c17-13-3-6-15(19-10-13)16(21)20-14-4-1-11(2-5-14)12-7-8-18-9-12;1-5(2,3)7-4-6/h1-6,10,12,18H,7-9H2,(H,20,21);4H,1-3H3. The molecule has 150 valence electrons. The summed E-state index contributed by atoms with van der Waals surface area (Å²) in [5, 5.41) is 6.71. The highest BCUT2D eigenvalue weighted by molar-refractivity contribution is 6.30. The van der Waals surface area contributed by atoms with E-state index in [1.165, 1.54) is 18.2 Å². The third-order valence-electron chi connectivity index (χ3n) is 4.06. The molecule has 0 spiro atoms. The summed E-state index contributed by atoms with van der Waals surface area (Å²) in [6, 6.07) is 11.3. The molecule has 0 bridgehead atoms. The zero-order valence-corrected chi connectivity index (χ0v) is 17.1. The SMILES string of the molecule is CC(C)(C)OC=O.O=C(Nc1ccc(C2CCNC2)cc1)c1ccc(Cl)cn1. The summed E-state index contributed by atoms with van der Waals surface area (Å²) in [6.07, 6.45) is 2.63. The first-order valence-corrected chi connectivity index (χ1v) is 9.51. The number of halogens is 1. The molecule has 1 unspecified atom stereocenters. The Morgan fingerprint density at radius 3 is 2.43 bits per heavy atom. The Balaban J connectivity index is 0.000000345. The summed E-state index contributed by atoms with van der Waals surface area (Å²) in [7, 11) is 0. The van der Waals surface area contributed by atoms with E-state index in [-0.39, 0.29) is 11.5 Å². The van der Waals surface area contributed by atoms with Crippen molar-refractivity contribution in [3.63, 3.8) is 0 Å². The fourth-order valence-electron chi connectivity index (χ4n) is 2.63. The van der Waals surface area contributed by atoms with E-state index in [4.69, 9.17) is 11.6 Å². The van der Waals surface area contributed by atoms with Gasteiger partial charge >= 0.3 is 0 Å². The van der Waals surface area contributed by atoms with Gasteiger partial charge in [0.1, 0.15) is 11.3 Å². The number of hydrogen-bond donors (Lipinski definition) is 2. The summed E-state index contributed by atoms with van der Waals surface area (Å²) in [5.74, 6) is 0.342. The van der Waals surface area contributed by atoms with Crippen molar-refractivity contribution in [2.45, 2.75) is 38.7 Å². The first kappa shape index (κ1) is 21.9. The van der Waals surface area contributed by atoms with Crippen LogP contribution in [0, 0.1) is 0 Å². The summed E-state index contributed by atoms with van der Waals surface area (Å²) in [6.45, 7) is 8.02. The largest absolute Gasteiger partial charge is 0.462 e. The van der Waals surface area contributed by atoms with Crippen molar-refractivity contribution in [2.24, 2.45) is 0 Å². The normalized spacial score (nSPS) is 15.9. The number of carbonyl (C=O) groups excluding carboxylic acids is 2. The molecule has 3 rings (SSSR count). The molecule has 0 aliphatic carbocycles. The van der Waals surface area contributed by atoms with Crippen LogP contribution in [0.4, 0.5) is 5.69 Å². The number of aromatic nitrogens is 1. The van der Waals surface area contributed by atoms with Crippen molar-refractivity contribution >= 4 is 29.7 Å². The zero-order valence-electron chi connectivity index (χ0n) is 16.4. The lowest BCUT2D eigenvalue weighted by molar-refractivity contribution is -0.138. The van der Waals surface area contributed by atoms with Gasteiger partial charge in [-0.15, -0.1) is 0 Å². The smallest absolute Gasteiger partial charge is 0.293 e. The fourth-order valence-corrected chi connectivity index (χ4v) is 2.74. The molecule has 1 amide bonds. The Morgan fingerprint density at radius 1 is 1.25 bits per heavy atom. The van der Waals surface area contributed by atoms with E-state index < -0.39 is 0 Å². The van der Waals surface area contributed by atoms with Gasteiger partial charge in [-0.1, -0.05) is 23.7 Å². The van der Waals surface area contributed by atoms with Crippen molar-refractivity contribution in [3.05, 3.63) is 58.9 Å². The van der Waals surface area contributed by atoms with Crippen LogP contribution in [0.25, 0.3) is 0 Å². The van der Waals surface area contributed by atoms with Crippen LogP contribution in [0.1, 0.15) is 49.2 Å². The van der Waals surface area contributed by atoms with Crippen molar-refractivity contribution in [1.82, 2.24) is 10.3 Å². The van der Waals surface area contributed by atoms with Crippen LogP contribution in [0.2, 0.25) is 5.02 Å². The van der Waals surface area contributed by atoms with E-state index in [1.54, 1.807) is 12.1 Å². The second kappa shape index (κ2) is 10.2. The molecule has 0 radical (unpaired) electrons. The van der Waals surface area contributed by atoms with E-state index in [9.17, 15) is 9.59 Å². The highest BCUT2D eigenvalue weighted by Crippen LogP contribution is 2.23. The third kappa shape index (κ3) is 7.29. The van der Waals surface area contributed by atoms with Crippen molar-refractivity contribution in [3.8, 4) is 0 Å². The number of nitrogens with zero attached hydrogens (tertiary/aromatic N) is 1. The van der Waals surface area contributed by atoms with Crippen LogP contribution >= 0.6 is 11.6 Å². The average Bonchev–Trinajstić information content (AvgIpc) is 3.17. The molecule has 28 heavy (non-hydrogen) atoms. The number of amides is 1. The molecule has 1 aromatic heterocycles.